The maximum absolute atomic E-state index is 14.0. The number of hydrogen-bond donors (Lipinski definition) is 2. The second kappa shape index (κ2) is 15.3. The molecule has 0 aliphatic rings. The third kappa shape index (κ3) is 8.22. The van der Waals surface area contributed by atoms with Crippen LogP contribution in [0, 0.1) is 5.82 Å². The minimum atomic E-state index is -1.01. The molecular weight excluding hydrogens is 563 g/mol. The third-order valence-corrected chi connectivity index (χ3v) is 7.04. The average molecular weight is 599 g/mol. The number of aliphatic carboxylic acids is 1. The van der Waals surface area contributed by atoms with Gasteiger partial charge in [-0.2, -0.15) is 0 Å². The van der Waals surface area contributed by atoms with Crippen LogP contribution in [-0.4, -0.2) is 54.6 Å². The number of benzene rings is 4. The summed E-state index contributed by atoms with van der Waals surface area (Å²) >= 11 is 0. The van der Waals surface area contributed by atoms with Gasteiger partial charge >= 0.3 is 5.97 Å². The Labute approximate surface area is 256 Å². The van der Waals surface area contributed by atoms with Crippen molar-refractivity contribution >= 4 is 17.8 Å². The van der Waals surface area contributed by atoms with Crippen molar-refractivity contribution < 1.29 is 33.4 Å². The minimum absolute atomic E-state index is 0.00669. The molecular formula is C35H35FN2O6. The van der Waals surface area contributed by atoms with Crippen LogP contribution in [0.25, 0.3) is 11.1 Å². The Morgan fingerprint density at radius 2 is 1.52 bits per heavy atom. The van der Waals surface area contributed by atoms with E-state index in [0.717, 1.165) is 5.56 Å². The summed E-state index contributed by atoms with van der Waals surface area (Å²) in [7, 11) is 1.56. The summed E-state index contributed by atoms with van der Waals surface area (Å²) in [6.45, 7) is 2.73. The van der Waals surface area contributed by atoms with E-state index < -0.39 is 11.8 Å². The lowest BCUT2D eigenvalue weighted by Crippen LogP contribution is -2.35. The summed E-state index contributed by atoms with van der Waals surface area (Å²) < 4.78 is 24.7. The smallest absolute Gasteiger partial charge is 0.305 e. The van der Waals surface area contributed by atoms with Gasteiger partial charge in [0, 0.05) is 30.8 Å². The number of ether oxygens (including phenoxy) is 2. The molecule has 0 aliphatic carbocycles. The number of nitrogens with zero attached hydrogens (tertiary/aromatic N) is 1. The highest BCUT2D eigenvalue weighted by Gasteiger charge is 2.23. The molecule has 0 heterocycles. The second-order valence-electron chi connectivity index (χ2n) is 10.0. The Hall–Kier alpha value is -5.18. The fourth-order valence-corrected chi connectivity index (χ4v) is 4.87. The highest BCUT2D eigenvalue weighted by Crippen LogP contribution is 2.30. The summed E-state index contributed by atoms with van der Waals surface area (Å²) in [6, 6.07) is 25.4. The number of amides is 2. The Balaban J connectivity index is 1.60. The Morgan fingerprint density at radius 1 is 0.818 bits per heavy atom. The lowest BCUT2D eigenvalue weighted by Gasteiger charge is -2.24. The molecule has 44 heavy (non-hydrogen) atoms. The molecule has 0 saturated heterocycles. The summed E-state index contributed by atoms with van der Waals surface area (Å²) in [5.74, 6) is -0.941. The molecule has 8 nitrogen and oxygen atoms in total. The van der Waals surface area contributed by atoms with Crippen LogP contribution in [0.15, 0.2) is 91.0 Å². The number of hydrogen-bond acceptors (Lipinski definition) is 5. The maximum atomic E-state index is 14.0. The topological polar surface area (TPSA) is 105 Å². The first kappa shape index (κ1) is 31.7. The predicted molar refractivity (Wildman–Crippen MR) is 165 cm³/mol. The van der Waals surface area contributed by atoms with Crippen LogP contribution in [-0.2, 0) is 17.8 Å². The molecule has 4 rings (SSSR count). The van der Waals surface area contributed by atoms with E-state index in [0.29, 0.717) is 52.3 Å². The van der Waals surface area contributed by atoms with E-state index >= 15 is 0 Å². The first-order valence-electron chi connectivity index (χ1n) is 14.3. The number of halogens is 1. The van der Waals surface area contributed by atoms with Crippen molar-refractivity contribution in [3.8, 4) is 22.6 Å². The molecule has 0 aliphatic heterocycles. The molecule has 0 radical (unpaired) electrons. The molecule has 0 fully saturated rings. The fourth-order valence-electron chi connectivity index (χ4n) is 4.87. The number of methoxy groups -OCH3 is 1. The molecule has 4 aromatic carbocycles. The summed E-state index contributed by atoms with van der Waals surface area (Å²) in [4.78, 5) is 40.3. The summed E-state index contributed by atoms with van der Waals surface area (Å²) in [6.07, 6.45) is 0.233. The molecule has 0 bridgehead atoms. The predicted octanol–water partition coefficient (Wildman–Crippen LogP) is 5.99. The first-order valence-corrected chi connectivity index (χ1v) is 14.3. The second-order valence-corrected chi connectivity index (χ2v) is 10.0. The zero-order valence-corrected chi connectivity index (χ0v) is 24.7. The van der Waals surface area contributed by atoms with Gasteiger partial charge in [-0.05, 0) is 72.0 Å². The molecule has 2 N–H and O–H groups in total. The van der Waals surface area contributed by atoms with Crippen LogP contribution in [0.2, 0.25) is 0 Å². The zero-order chi connectivity index (χ0) is 31.5. The van der Waals surface area contributed by atoms with Crippen molar-refractivity contribution in [1.29, 1.82) is 0 Å². The van der Waals surface area contributed by atoms with E-state index in [9.17, 15) is 23.9 Å². The van der Waals surface area contributed by atoms with Crippen molar-refractivity contribution in [2.24, 2.45) is 0 Å². The van der Waals surface area contributed by atoms with Crippen LogP contribution in [0.1, 0.15) is 45.2 Å². The highest BCUT2D eigenvalue weighted by molar-refractivity contribution is 6.06. The molecule has 4 aromatic rings. The van der Waals surface area contributed by atoms with Gasteiger partial charge in [0.1, 0.15) is 5.82 Å². The van der Waals surface area contributed by atoms with E-state index in [4.69, 9.17) is 9.47 Å². The van der Waals surface area contributed by atoms with Gasteiger partial charge in [0.05, 0.1) is 20.1 Å². The number of carboxylic acid groups (broad SMARTS) is 1. The first-order chi connectivity index (χ1) is 21.3. The van der Waals surface area contributed by atoms with Crippen molar-refractivity contribution in [1.82, 2.24) is 10.2 Å². The van der Waals surface area contributed by atoms with E-state index in [2.05, 4.69) is 5.32 Å². The van der Waals surface area contributed by atoms with Gasteiger partial charge < -0.3 is 24.8 Å². The van der Waals surface area contributed by atoms with Gasteiger partial charge in [-0.1, -0.05) is 54.6 Å². The lowest BCUT2D eigenvalue weighted by atomic mass is 9.94. The van der Waals surface area contributed by atoms with Gasteiger partial charge in [0.25, 0.3) is 11.8 Å². The molecule has 0 spiro atoms. The van der Waals surface area contributed by atoms with Gasteiger partial charge in [-0.25, -0.2) is 4.39 Å². The fraction of sp³-hybridized carbons (Fsp3) is 0.229. The van der Waals surface area contributed by atoms with Crippen LogP contribution in [0.5, 0.6) is 11.5 Å². The molecule has 0 atom stereocenters. The average Bonchev–Trinajstić information content (AvgIpc) is 3.03. The van der Waals surface area contributed by atoms with Crippen molar-refractivity contribution in [2.45, 2.75) is 26.3 Å². The Morgan fingerprint density at radius 3 is 2.20 bits per heavy atom. The molecule has 0 aromatic heterocycles. The van der Waals surface area contributed by atoms with Gasteiger partial charge in [-0.3, -0.25) is 14.4 Å². The van der Waals surface area contributed by atoms with Crippen LogP contribution >= 0.6 is 0 Å². The minimum Gasteiger partial charge on any atom is -0.493 e. The normalized spacial score (nSPS) is 10.6. The number of nitrogens with one attached hydrogen (secondary N) is 1. The van der Waals surface area contributed by atoms with E-state index in [1.54, 1.807) is 73.8 Å². The highest BCUT2D eigenvalue weighted by atomic mass is 19.1. The summed E-state index contributed by atoms with van der Waals surface area (Å²) in [5, 5.41) is 12.2. The molecule has 228 valence electrons. The molecule has 0 saturated carbocycles. The standard InChI is InChI=1S/C35H35FN2O6/c1-3-44-32-22-24(15-16-31(32)43-2)17-19-38(20-18-33(39)40)35(42)30-14-7-5-12-28(30)27-11-4-6-13-29(27)34(41)37-23-25-9-8-10-26(36)21-25/h4-16,21-22H,3,17-20,23H2,1-2H3,(H,37,41)(H,39,40). The van der Waals surface area contributed by atoms with Crippen LogP contribution in [0.3, 0.4) is 0 Å². The Kier molecular flexibility index (Phi) is 11.1. The quantitative estimate of drug-likeness (QED) is 0.185. The van der Waals surface area contributed by atoms with Crippen molar-refractivity contribution in [3.05, 3.63) is 119 Å². The zero-order valence-electron chi connectivity index (χ0n) is 24.7. The lowest BCUT2D eigenvalue weighted by molar-refractivity contribution is -0.137. The molecule has 9 heteroatoms. The van der Waals surface area contributed by atoms with E-state index in [1.165, 1.54) is 17.0 Å². The van der Waals surface area contributed by atoms with Crippen LogP contribution < -0.4 is 14.8 Å². The van der Waals surface area contributed by atoms with Crippen molar-refractivity contribution in [3.63, 3.8) is 0 Å². The van der Waals surface area contributed by atoms with E-state index in [1.807, 2.05) is 19.1 Å². The summed E-state index contributed by atoms with van der Waals surface area (Å²) in [5.41, 5.74) is 3.29. The number of carbonyl (C=O) groups excluding carboxylic acids is 2. The van der Waals surface area contributed by atoms with E-state index in [-0.39, 0.29) is 37.9 Å². The monoisotopic (exact) mass is 598 g/mol. The van der Waals surface area contributed by atoms with Gasteiger partial charge in [0.15, 0.2) is 11.5 Å². The number of carbonyl (C=O) groups is 3. The third-order valence-electron chi connectivity index (χ3n) is 7.04. The number of rotatable bonds is 14. The van der Waals surface area contributed by atoms with Gasteiger partial charge in [0.2, 0.25) is 0 Å². The number of carboxylic acids is 1. The SMILES string of the molecule is CCOc1cc(CCN(CCC(=O)O)C(=O)c2ccccc2-c2ccccc2C(=O)NCc2cccc(F)c2)ccc1OC. The Bertz CT molecular complexity index is 1620. The largest absolute Gasteiger partial charge is 0.493 e. The maximum Gasteiger partial charge on any atom is 0.305 e. The molecule has 2 amide bonds. The van der Waals surface area contributed by atoms with Crippen molar-refractivity contribution in [2.75, 3.05) is 26.8 Å². The van der Waals surface area contributed by atoms with Crippen LogP contribution in [0.4, 0.5) is 4.39 Å². The van der Waals surface area contributed by atoms with Gasteiger partial charge in [-0.15, -0.1) is 0 Å². The molecule has 0 unspecified atom stereocenters.